The van der Waals surface area contributed by atoms with E-state index >= 15 is 0 Å². The second kappa shape index (κ2) is 6.68. The number of carbonyl (C=O) groups is 2. The molecule has 0 aliphatic rings. The molecule has 0 saturated heterocycles. The molecule has 0 spiro atoms. The van der Waals surface area contributed by atoms with Gasteiger partial charge in [-0.15, -0.1) is 0 Å². The van der Waals surface area contributed by atoms with E-state index in [-0.39, 0.29) is 5.66 Å². The van der Waals surface area contributed by atoms with Crippen molar-refractivity contribution in [1.82, 2.24) is 0 Å². The average molecular weight is 342 g/mol. The lowest BCUT2D eigenvalue weighted by molar-refractivity contribution is -0.153. The van der Waals surface area contributed by atoms with Crippen molar-refractivity contribution in [2.24, 2.45) is 11.8 Å². The highest BCUT2D eigenvalue weighted by atomic mass is 127. The molecule has 0 heterocycles. The number of rotatable bonds is 6. The first-order valence-electron chi connectivity index (χ1n) is 4.48. The van der Waals surface area contributed by atoms with Crippen molar-refractivity contribution in [2.45, 2.75) is 25.9 Å². The Kier molecular flexibility index (Phi) is 6.76. The molecule has 7 heteroatoms. The number of hydrogen-bond donors (Lipinski definition) is 2. The van der Waals surface area contributed by atoms with Crippen LogP contribution < -0.4 is 0 Å². The first kappa shape index (κ1) is 15.2. The van der Waals surface area contributed by atoms with Crippen LogP contribution in [0.1, 0.15) is 20.3 Å². The summed E-state index contributed by atoms with van der Waals surface area (Å²) in [5.74, 6) is -3.98. The van der Waals surface area contributed by atoms with Crippen LogP contribution >= 0.6 is 27.5 Å². The van der Waals surface area contributed by atoms with Gasteiger partial charge in [0.1, 0.15) is 7.57 Å². The SMILES string of the molecule is [B]P(I)C(CC)C(C(=O)O)C(C)C(=O)O. The molecular formula is C8H13BIO4P. The fourth-order valence-electron chi connectivity index (χ4n) is 1.45. The van der Waals surface area contributed by atoms with Gasteiger partial charge in [-0.1, -0.05) is 41.3 Å². The smallest absolute Gasteiger partial charge is 0.308 e. The van der Waals surface area contributed by atoms with Crippen LogP contribution in [0.25, 0.3) is 0 Å². The molecule has 2 N–H and O–H groups in total. The maximum atomic E-state index is 11.0. The Hall–Kier alpha value is 0.165. The minimum absolute atomic E-state index is 0.260. The average Bonchev–Trinajstić information content (AvgIpc) is 2.11. The van der Waals surface area contributed by atoms with Gasteiger partial charge in [0.2, 0.25) is 0 Å². The second-order valence-electron chi connectivity index (χ2n) is 3.31. The van der Waals surface area contributed by atoms with Crippen LogP contribution in [-0.4, -0.2) is 35.4 Å². The minimum atomic E-state index is -1.09. The first-order chi connectivity index (χ1) is 6.82. The molecule has 15 heavy (non-hydrogen) atoms. The van der Waals surface area contributed by atoms with E-state index in [1.807, 2.05) is 29.0 Å². The Morgan fingerprint density at radius 1 is 1.40 bits per heavy atom. The molecular weight excluding hydrogens is 329 g/mol. The normalized spacial score (nSPS) is 18.9. The largest absolute Gasteiger partial charge is 0.481 e. The van der Waals surface area contributed by atoms with Gasteiger partial charge in [-0.25, -0.2) is 0 Å². The van der Waals surface area contributed by atoms with Gasteiger partial charge in [0.05, 0.1) is 11.8 Å². The highest BCUT2D eigenvalue weighted by molar-refractivity contribution is 14.2. The van der Waals surface area contributed by atoms with Crippen LogP contribution in [0.4, 0.5) is 0 Å². The van der Waals surface area contributed by atoms with Gasteiger partial charge in [0.15, 0.2) is 0 Å². The van der Waals surface area contributed by atoms with E-state index in [2.05, 4.69) is 0 Å². The third-order valence-electron chi connectivity index (χ3n) is 2.36. The standard InChI is InChI=1S/C8H13BIO4P/c1-3-5(15(9)10)6(8(13)14)4(2)7(11)12/h4-6H,3H2,1-2H3,(H,11,12)(H,13,14). The zero-order valence-electron chi connectivity index (χ0n) is 8.55. The molecule has 0 aliphatic carbocycles. The Bertz CT molecular complexity index is 249. The molecule has 84 valence electrons. The van der Waals surface area contributed by atoms with Gasteiger partial charge in [-0.05, 0) is 12.1 Å². The van der Waals surface area contributed by atoms with E-state index in [9.17, 15) is 9.59 Å². The Labute approximate surface area is 104 Å². The van der Waals surface area contributed by atoms with Crippen molar-refractivity contribution in [3.8, 4) is 0 Å². The van der Waals surface area contributed by atoms with Crippen LogP contribution in [0.2, 0.25) is 0 Å². The van der Waals surface area contributed by atoms with Gasteiger partial charge in [-0.3, -0.25) is 9.59 Å². The van der Waals surface area contributed by atoms with Crippen LogP contribution in [0.5, 0.6) is 0 Å². The van der Waals surface area contributed by atoms with Crippen molar-refractivity contribution in [1.29, 1.82) is 0 Å². The Morgan fingerprint density at radius 2 is 1.87 bits per heavy atom. The topological polar surface area (TPSA) is 74.6 Å². The predicted octanol–water partition coefficient (Wildman–Crippen LogP) is 2.10. The lowest BCUT2D eigenvalue weighted by atomic mass is 9.89. The van der Waals surface area contributed by atoms with Gasteiger partial charge in [-0.2, -0.15) is 0 Å². The maximum absolute atomic E-state index is 11.0. The Morgan fingerprint density at radius 3 is 2.07 bits per heavy atom. The van der Waals surface area contributed by atoms with Crippen molar-refractivity contribution >= 4 is 47.0 Å². The van der Waals surface area contributed by atoms with Crippen LogP contribution in [0.15, 0.2) is 0 Å². The van der Waals surface area contributed by atoms with Gasteiger partial charge in [0, 0.05) is 0 Å². The predicted molar refractivity (Wildman–Crippen MR) is 68.7 cm³/mol. The zero-order chi connectivity index (χ0) is 12.2. The molecule has 0 aromatic carbocycles. The fourth-order valence-corrected chi connectivity index (χ4v) is 4.71. The van der Waals surface area contributed by atoms with Gasteiger partial charge >= 0.3 is 11.9 Å². The summed E-state index contributed by atoms with van der Waals surface area (Å²) in [6.07, 6.45) is 0.583. The van der Waals surface area contributed by atoms with Crippen LogP contribution in [0, 0.1) is 11.8 Å². The molecule has 0 fully saturated rings. The van der Waals surface area contributed by atoms with E-state index in [0.717, 1.165) is 0 Å². The summed E-state index contributed by atoms with van der Waals surface area (Å²) in [5.41, 5.74) is -1.23. The molecule has 0 aromatic rings. The van der Waals surface area contributed by atoms with Crippen molar-refractivity contribution < 1.29 is 19.8 Å². The van der Waals surface area contributed by atoms with Crippen molar-refractivity contribution in [3.05, 3.63) is 0 Å². The molecule has 0 aromatic heterocycles. The first-order valence-corrected chi connectivity index (χ1v) is 8.74. The number of aliphatic carboxylic acids is 2. The Balaban J connectivity index is 4.94. The summed E-state index contributed by atoms with van der Waals surface area (Å²) in [4.78, 5) is 21.8. The van der Waals surface area contributed by atoms with Crippen molar-refractivity contribution in [3.63, 3.8) is 0 Å². The fraction of sp³-hybridized carbons (Fsp3) is 0.750. The maximum Gasteiger partial charge on any atom is 0.308 e. The van der Waals surface area contributed by atoms with E-state index in [1.54, 1.807) is 0 Å². The number of hydrogen-bond acceptors (Lipinski definition) is 2. The molecule has 0 amide bonds. The van der Waals surface area contributed by atoms with Crippen molar-refractivity contribution in [2.75, 3.05) is 0 Å². The minimum Gasteiger partial charge on any atom is -0.481 e. The highest BCUT2D eigenvalue weighted by Gasteiger charge is 2.37. The third-order valence-corrected chi connectivity index (χ3v) is 5.83. The summed E-state index contributed by atoms with van der Waals surface area (Å²) in [5, 5.41) is 17.9. The van der Waals surface area contributed by atoms with E-state index in [4.69, 9.17) is 17.8 Å². The summed E-state index contributed by atoms with van der Waals surface area (Å²) >= 11 is 2.00. The molecule has 0 rings (SSSR count). The summed E-state index contributed by atoms with van der Waals surface area (Å²) in [7, 11) is 5.72. The zero-order valence-corrected chi connectivity index (χ0v) is 11.6. The lowest BCUT2D eigenvalue weighted by Crippen LogP contribution is -2.35. The quantitative estimate of drug-likeness (QED) is 0.441. The number of halogens is 1. The number of carboxylic acid groups (broad SMARTS) is 2. The van der Waals surface area contributed by atoms with Gasteiger partial charge < -0.3 is 10.2 Å². The van der Waals surface area contributed by atoms with E-state index in [0.29, 0.717) is 6.42 Å². The summed E-state index contributed by atoms with van der Waals surface area (Å²) < 4.78 is 0. The van der Waals surface area contributed by atoms with Crippen LogP contribution in [0.3, 0.4) is 0 Å². The lowest BCUT2D eigenvalue weighted by Gasteiger charge is -2.28. The summed E-state index contributed by atoms with van der Waals surface area (Å²) in [6, 6.07) is 0. The molecule has 0 saturated carbocycles. The molecule has 4 unspecified atom stereocenters. The van der Waals surface area contributed by atoms with Crippen LogP contribution in [-0.2, 0) is 9.59 Å². The molecule has 4 nitrogen and oxygen atoms in total. The van der Waals surface area contributed by atoms with E-state index < -0.39 is 29.2 Å². The molecule has 2 radical (unpaired) electrons. The molecule has 0 bridgehead atoms. The highest BCUT2D eigenvalue weighted by Crippen LogP contribution is 2.50. The van der Waals surface area contributed by atoms with E-state index in [1.165, 1.54) is 6.92 Å². The second-order valence-corrected chi connectivity index (χ2v) is 8.00. The summed E-state index contributed by atoms with van der Waals surface area (Å²) in [6.45, 7) is 3.25. The van der Waals surface area contributed by atoms with Gasteiger partial charge in [0.25, 0.3) is 0 Å². The number of carboxylic acids is 2. The molecule has 4 atom stereocenters. The monoisotopic (exact) mass is 342 g/mol. The third kappa shape index (κ3) is 4.27. The molecule has 0 aliphatic heterocycles.